The zero-order valence-electron chi connectivity index (χ0n) is 10.00. The first-order chi connectivity index (χ1) is 9.19. The minimum absolute atomic E-state index is 0.271. The standard InChI is InChI=1S/C13H11NO5/c14-7-9-1-3-10(4-2-9)18-8-12(15)19-11-5-6-17-13(11)16/h1-4,11H,5-6,8H2/t11-/m0/s1. The van der Waals surface area contributed by atoms with Crippen LogP contribution in [0.25, 0.3) is 0 Å². The SMILES string of the molecule is N#Cc1ccc(OCC(=O)O[C@H]2CCOC2=O)cc1. The number of carbonyl (C=O) groups is 2. The van der Waals surface area contributed by atoms with Gasteiger partial charge in [-0.1, -0.05) is 0 Å². The molecule has 0 saturated carbocycles. The number of benzene rings is 1. The van der Waals surface area contributed by atoms with Crippen LogP contribution in [0, 0.1) is 11.3 Å². The van der Waals surface area contributed by atoms with Crippen molar-refractivity contribution in [3.05, 3.63) is 29.8 Å². The molecule has 0 unspecified atom stereocenters. The highest BCUT2D eigenvalue weighted by Crippen LogP contribution is 2.13. The predicted molar refractivity (Wildman–Crippen MR) is 62.1 cm³/mol. The lowest BCUT2D eigenvalue weighted by Gasteiger charge is -2.09. The van der Waals surface area contributed by atoms with Gasteiger partial charge in [-0.2, -0.15) is 5.26 Å². The molecule has 1 aromatic carbocycles. The van der Waals surface area contributed by atoms with Crippen molar-refractivity contribution in [1.82, 2.24) is 0 Å². The molecule has 1 atom stereocenters. The Balaban J connectivity index is 1.79. The second-order valence-corrected chi connectivity index (χ2v) is 3.86. The molecule has 1 aromatic rings. The van der Waals surface area contributed by atoms with Gasteiger partial charge in [0.05, 0.1) is 18.2 Å². The van der Waals surface area contributed by atoms with Crippen molar-refractivity contribution in [1.29, 1.82) is 5.26 Å². The number of nitrogens with zero attached hydrogens (tertiary/aromatic N) is 1. The highest BCUT2D eigenvalue weighted by atomic mass is 16.6. The van der Waals surface area contributed by atoms with Gasteiger partial charge in [0, 0.05) is 6.42 Å². The Morgan fingerprint density at radius 2 is 2.16 bits per heavy atom. The first-order valence-corrected chi connectivity index (χ1v) is 5.68. The fourth-order valence-electron chi connectivity index (χ4n) is 1.55. The summed E-state index contributed by atoms with van der Waals surface area (Å²) in [6, 6.07) is 8.29. The van der Waals surface area contributed by atoms with Crippen LogP contribution in [-0.4, -0.2) is 31.3 Å². The summed E-state index contributed by atoms with van der Waals surface area (Å²) in [5.41, 5.74) is 0.503. The molecule has 0 aliphatic carbocycles. The Morgan fingerprint density at radius 1 is 1.42 bits per heavy atom. The van der Waals surface area contributed by atoms with E-state index in [0.717, 1.165) is 0 Å². The molecule has 1 aliphatic rings. The second-order valence-electron chi connectivity index (χ2n) is 3.86. The third-order valence-corrected chi connectivity index (χ3v) is 2.50. The van der Waals surface area contributed by atoms with Crippen molar-refractivity contribution < 1.29 is 23.8 Å². The van der Waals surface area contributed by atoms with E-state index in [0.29, 0.717) is 17.7 Å². The largest absolute Gasteiger partial charge is 0.482 e. The lowest BCUT2D eigenvalue weighted by molar-refractivity contribution is -0.161. The summed E-state index contributed by atoms with van der Waals surface area (Å²) in [5.74, 6) is -0.704. The predicted octanol–water partition coefficient (Wildman–Crippen LogP) is 0.796. The summed E-state index contributed by atoms with van der Waals surface area (Å²) in [6.45, 7) is -0.0249. The molecular formula is C13H11NO5. The van der Waals surface area contributed by atoms with Crippen LogP contribution in [0.15, 0.2) is 24.3 Å². The van der Waals surface area contributed by atoms with E-state index < -0.39 is 18.0 Å². The lowest BCUT2D eigenvalue weighted by Crippen LogP contribution is -2.26. The zero-order chi connectivity index (χ0) is 13.7. The third-order valence-electron chi connectivity index (χ3n) is 2.50. The molecule has 6 nitrogen and oxygen atoms in total. The van der Waals surface area contributed by atoms with E-state index in [4.69, 9.17) is 14.7 Å². The summed E-state index contributed by atoms with van der Waals surface area (Å²) in [7, 11) is 0. The van der Waals surface area contributed by atoms with Gasteiger partial charge in [-0.25, -0.2) is 9.59 Å². The normalized spacial score (nSPS) is 17.4. The van der Waals surface area contributed by atoms with E-state index in [2.05, 4.69) is 4.74 Å². The van der Waals surface area contributed by atoms with Gasteiger partial charge < -0.3 is 14.2 Å². The maximum atomic E-state index is 11.4. The Hall–Kier alpha value is -2.55. The van der Waals surface area contributed by atoms with E-state index in [9.17, 15) is 9.59 Å². The number of rotatable bonds is 4. The Bertz CT molecular complexity index is 517. The van der Waals surface area contributed by atoms with Crippen LogP contribution in [0.2, 0.25) is 0 Å². The van der Waals surface area contributed by atoms with E-state index in [1.165, 1.54) is 0 Å². The summed E-state index contributed by atoms with van der Waals surface area (Å²) in [6.07, 6.45) is -0.446. The Morgan fingerprint density at radius 3 is 2.74 bits per heavy atom. The van der Waals surface area contributed by atoms with Crippen molar-refractivity contribution in [2.24, 2.45) is 0 Å². The van der Waals surface area contributed by atoms with Crippen LogP contribution < -0.4 is 4.74 Å². The molecule has 6 heteroatoms. The maximum absolute atomic E-state index is 11.4. The Labute approximate surface area is 109 Å². The minimum Gasteiger partial charge on any atom is -0.482 e. The van der Waals surface area contributed by atoms with E-state index >= 15 is 0 Å². The summed E-state index contributed by atoms with van der Waals surface area (Å²) in [5, 5.41) is 8.62. The average molecular weight is 261 g/mol. The van der Waals surface area contributed by atoms with E-state index in [-0.39, 0.29) is 13.2 Å². The molecule has 2 rings (SSSR count). The number of cyclic esters (lactones) is 1. The van der Waals surface area contributed by atoms with Gasteiger partial charge in [0.2, 0.25) is 6.10 Å². The molecule has 1 heterocycles. The Kier molecular flexibility index (Phi) is 3.98. The quantitative estimate of drug-likeness (QED) is 0.745. The minimum atomic E-state index is -0.822. The number of hydrogen-bond donors (Lipinski definition) is 0. The van der Waals surface area contributed by atoms with Crippen LogP contribution in [-0.2, 0) is 19.1 Å². The van der Waals surface area contributed by atoms with E-state index in [1.54, 1.807) is 24.3 Å². The van der Waals surface area contributed by atoms with Crippen LogP contribution in [0.4, 0.5) is 0 Å². The summed E-state index contributed by atoms with van der Waals surface area (Å²) < 4.78 is 14.7. The molecular weight excluding hydrogens is 250 g/mol. The molecule has 0 bridgehead atoms. The number of hydrogen-bond acceptors (Lipinski definition) is 6. The van der Waals surface area contributed by atoms with Crippen molar-refractivity contribution in [2.45, 2.75) is 12.5 Å². The van der Waals surface area contributed by atoms with Gasteiger partial charge in [-0.3, -0.25) is 0 Å². The van der Waals surface area contributed by atoms with Gasteiger partial charge in [-0.15, -0.1) is 0 Å². The van der Waals surface area contributed by atoms with E-state index in [1.807, 2.05) is 6.07 Å². The molecule has 0 amide bonds. The number of esters is 2. The third kappa shape index (κ3) is 3.45. The van der Waals surface area contributed by atoms with Crippen molar-refractivity contribution in [3.8, 4) is 11.8 Å². The molecule has 1 saturated heterocycles. The fourth-order valence-corrected chi connectivity index (χ4v) is 1.55. The monoisotopic (exact) mass is 261 g/mol. The van der Waals surface area contributed by atoms with Crippen LogP contribution >= 0.6 is 0 Å². The molecule has 1 aliphatic heterocycles. The van der Waals surface area contributed by atoms with Gasteiger partial charge in [0.15, 0.2) is 6.61 Å². The van der Waals surface area contributed by atoms with Crippen LogP contribution in [0.1, 0.15) is 12.0 Å². The molecule has 19 heavy (non-hydrogen) atoms. The van der Waals surface area contributed by atoms with Gasteiger partial charge in [-0.05, 0) is 24.3 Å². The topological polar surface area (TPSA) is 85.6 Å². The van der Waals surface area contributed by atoms with Crippen molar-refractivity contribution >= 4 is 11.9 Å². The van der Waals surface area contributed by atoms with Gasteiger partial charge >= 0.3 is 11.9 Å². The molecule has 0 radical (unpaired) electrons. The first-order valence-electron chi connectivity index (χ1n) is 5.68. The highest BCUT2D eigenvalue weighted by Gasteiger charge is 2.30. The smallest absolute Gasteiger partial charge is 0.347 e. The maximum Gasteiger partial charge on any atom is 0.347 e. The first kappa shape index (κ1) is 12.9. The molecule has 1 fully saturated rings. The number of carbonyl (C=O) groups excluding carboxylic acids is 2. The lowest BCUT2D eigenvalue weighted by atomic mass is 10.2. The van der Waals surface area contributed by atoms with Crippen molar-refractivity contribution in [3.63, 3.8) is 0 Å². The second kappa shape index (κ2) is 5.87. The number of nitriles is 1. The average Bonchev–Trinajstić information content (AvgIpc) is 2.82. The molecule has 98 valence electrons. The fraction of sp³-hybridized carbons (Fsp3) is 0.308. The molecule has 0 N–H and O–H groups in total. The zero-order valence-corrected chi connectivity index (χ0v) is 10.00. The highest BCUT2D eigenvalue weighted by molar-refractivity contribution is 5.81. The molecule has 0 aromatic heterocycles. The summed E-state index contributed by atoms with van der Waals surface area (Å²) >= 11 is 0. The van der Waals surface area contributed by atoms with Crippen LogP contribution in [0.5, 0.6) is 5.75 Å². The van der Waals surface area contributed by atoms with Gasteiger partial charge in [0.25, 0.3) is 0 Å². The van der Waals surface area contributed by atoms with Crippen molar-refractivity contribution in [2.75, 3.05) is 13.2 Å². The number of ether oxygens (including phenoxy) is 3. The molecule has 0 spiro atoms. The van der Waals surface area contributed by atoms with Gasteiger partial charge in [0.1, 0.15) is 5.75 Å². The van der Waals surface area contributed by atoms with Crippen LogP contribution in [0.3, 0.4) is 0 Å². The summed E-state index contributed by atoms with van der Waals surface area (Å²) in [4.78, 5) is 22.5.